The van der Waals surface area contributed by atoms with Gasteiger partial charge >= 0.3 is 0 Å². The summed E-state index contributed by atoms with van der Waals surface area (Å²) in [5.74, 6) is 1.02. The Morgan fingerprint density at radius 1 is 1.19 bits per heavy atom. The summed E-state index contributed by atoms with van der Waals surface area (Å²) in [6.45, 7) is 3.54. The van der Waals surface area contributed by atoms with Gasteiger partial charge in [0.25, 0.3) is 5.69 Å². The van der Waals surface area contributed by atoms with Gasteiger partial charge in [0.15, 0.2) is 11.5 Å². The summed E-state index contributed by atoms with van der Waals surface area (Å²) in [7, 11) is 0. The minimum Gasteiger partial charge on any atom is -0.454 e. The molecule has 0 radical (unpaired) electrons. The van der Waals surface area contributed by atoms with E-state index in [1.54, 1.807) is 17.4 Å². The van der Waals surface area contributed by atoms with Crippen LogP contribution in [0.1, 0.15) is 16.5 Å². The number of nitro groups is 1. The Morgan fingerprint density at radius 2 is 1.88 bits per heavy atom. The summed E-state index contributed by atoms with van der Waals surface area (Å²) in [5, 5.41) is 17.0. The standard InChI is InChI=1S/C16H17N3O4S.2ClH/c20-19(21)12-9-14-13(22-10-23-14)8-11(12)16(15-2-1-7-24-15)18-5-3-17-4-6-18;;/h1-2,7-9,16-17H,3-6,10H2;2*1H/t16-;;/m0../s1. The predicted molar refractivity (Wildman–Crippen MR) is 104 cm³/mol. The van der Waals surface area contributed by atoms with E-state index in [0.717, 1.165) is 31.1 Å². The highest BCUT2D eigenvalue weighted by molar-refractivity contribution is 7.10. The Bertz CT molecular complexity index is 754. The zero-order valence-corrected chi connectivity index (χ0v) is 16.2. The number of rotatable bonds is 4. The van der Waals surface area contributed by atoms with E-state index in [9.17, 15) is 10.1 Å². The number of halogens is 2. The van der Waals surface area contributed by atoms with Gasteiger partial charge in [0, 0.05) is 31.1 Å². The average molecular weight is 420 g/mol. The van der Waals surface area contributed by atoms with E-state index in [0.29, 0.717) is 17.1 Å². The second kappa shape index (κ2) is 8.88. The number of nitrogens with one attached hydrogen (secondary N) is 1. The molecule has 1 saturated heterocycles. The fraction of sp³-hybridized carbons (Fsp3) is 0.375. The highest BCUT2D eigenvalue weighted by Gasteiger charge is 2.33. The molecule has 1 N–H and O–H groups in total. The zero-order valence-electron chi connectivity index (χ0n) is 13.8. The van der Waals surface area contributed by atoms with E-state index in [-0.39, 0.29) is 48.3 Å². The molecule has 4 rings (SSSR count). The molecule has 1 fully saturated rings. The fourth-order valence-corrected chi connectivity index (χ4v) is 4.12. The molecule has 10 heteroatoms. The van der Waals surface area contributed by atoms with E-state index in [1.165, 1.54) is 6.07 Å². The predicted octanol–water partition coefficient (Wildman–Crippen LogP) is 3.22. The number of nitro benzene ring substituents is 1. The minimum absolute atomic E-state index is 0. The van der Waals surface area contributed by atoms with Gasteiger partial charge in [0.2, 0.25) is 6.79 Å². The molecular weight excluding hydrogens is 401 g/mol. The topological polar surface area (TPSA) is 76.9 Å². The maximum atomic E-state index is 11.7. The molecular formula is C16H19Cl2N3O4S. The van der Waals surface area contributed by atoms with E-state index in [2.05, 4.69) is 10.2 Å². The van der Waals surface area contributed by atoms with Crippen LogP contribution in [0, 0.1) is 10.1 Å². The van der Waals surface area contributed by atoms with Crippen molar-refractivity contribution >= 4 is 41.8 Å². The van der Waals surface area contributed by atoms with Crippen LogP contribution in [0.2, 0.25) is 0 Å². The minimum atomic E-state index is -0.333. The smallest absolute Gasteiger partial charge is 0.278 e. The van der Waals surface area contributed by atoms with E-state index >= 15 is 0 Å². The third kappa shape index (κ3) is 3.89. The van der Waals surface area contributed by atoms with Crippen molar-refractivity contribution in [1.82, 2.24) is 10.2 Å². The number of piperazine rings is 1. The molecule has 2 aromatic rings. The molecule has 0 amide bonds. The summed E-state index contributed by atoms with van der Waals surface area (Å²) in [6, 6.07) is 7.12. The van der Waals surface area contributed by atoms with Crippen LogP contribution < -0.4 is 14.8 Å². The molecule has 3 heterocycles. The Hall–Kier alpha value is -1.58. The number of hydrogen-bond acceptors (Lipinski definition) is 7. The number of thiophene rings is 1. The quantitative estimate of drug-likeness (QED) is 0.605. The van der Waals surface area contributed by atoms with Crippen LogP contribution in [-0.2, 0) is 0 Å². The molecule has 0 aliphatic carbocycles. The normalized spacial score (nSPS) is 17.1. The van der Waals surface area contributed by atoms with Crippen LogP contribution >= 0.6 is 36.2 Å². The van der Waals surface area contributed by atoms with Crippen molar-refractivity contribution in [3.8, 4) is 11.5 Å². The first-order valence-corrected chi connectivity index (χ1v) is 8.68. The Balaban J connectivity index is 0.00000121. The molecule has 0 bridgehead atoms. The lowest BCUT2D eigenvalue weighted by atomic mass is 10.00. The van der Waals surface area contributed by atoms with Gasteiger partial charge in [-0.1, -0.05) is 6.07 Å². The maximum absolute atomic E-state index is 11.7. The summed E-state index contributed by atoms with van der Waals surface area (Å²) in [4.78, 5) is 14.7. The van der Waals surface area contributed by atoms with Crippen molar-refractivity contribution in [2.75, 3.05) is 33.0 Å². The summed E-state index contributed by atoms with van der Waals surface area (Å²) in [6.07, 6.45) is 0. The lowest BCUT2D eigenvalue weighted by Gasteiger charge is -2.34. The Labute approximate surface area is 167 Å². The van der Waals surface area contributed by atoms with Crippen LogP contribution in [0.3, 0.4) is 0 Å². The van der Waals surface area contributed by atoms with Crippen molar-refractivity contribution in [3.63, 3.8) is 0 Å². The number of ether oxygens (including phenoxy) is 2. The second-order valence-electron chi connectivity index (χ2n) is 5.73. The molecule has 0 saturated carbocycles. The van der Waals surface area contributed by atoms with E-state index < -0.39 is 0 Å². The largest absolute Gasteiger partial charge is 0.454 e. The molecule has 1 atom stereocenters. The van der Waals surface area contributed by atoms with Crippen LogP contribution in [0.15, 0.2) is 29.6 Å². The monoisotopic (exact) mass is 419 g/mol. The highest BCUT2D eigenvalue weighted by Crippen LogP contribution is 2.44. The first-order valence-electron chi connectivity index (χ1n) is 7.80. The fourth-order valence-electron chi connectivity index (χ4n) is 3.24. The SMILES string of the molecule is Cl.Cl.O=[N+]([O-])c1cc2c(cc1[C@@H](c1cccs1)N1CCNCC1)OCO2. The maximum Gasteiger partial charge on any atom is 0.278 e. The first kappa shape index (κ1) is 20.7. The van der Waals surface area contributed by atoms with Gasteiger partial charge in [0.05, 0.1) is 22.6 Å². The van der Waals surface area contributed by atoms with Crippen molar-refractivity contribution < 1.29 is 14.4 Å². The molecule has 1 aromatic heterocycles. The van der Waals surface area contributed by atoms with Gasteiger partial charge in [-0.15, -0.1) is 36.2 Å². The highest BCUT2D eigenvalue weighted by atomic mass is 35.5. The summed E-state index contributed by atoms with van der Waals surface area (Å²) >= 11 is 1.62. The summed E-state index contributed by atoms with van der Waals surface area (Å²) in [5.41, 5.74) is 0.741. The van der Waals surface area contributed by atoms with Crippen LogP contribution in [0.25, 0.3) is 0 Å². The van der Waals surface area contributed by atoms with Crippen LogP contribution in [-0.4, -0.2) is 42.8 Å². The third-order valence-electron chi connectivity index (χ3n) is 4.34. The van der Waals surface area contributed by atoms with Crippen LogP contribution in [0.5, 0.6) is 11.5 Å². The zero-order chi connectivity index (χ0) is 16.5. The molecule has 142 valence electrons. The van der Waals surface area contributed by atoms with Gasteiger partial charge in [-0.05, 0) is 17.5 Å². The molecule has 0 spiro atoms. The first-order chi connectivity index (χ1) is 11.7. The molecule has 1 aromatic carbocycles. The van der Waals surface area contributed by atoms with Gasteiger partial charge in [0.1, 0.15) is 0 Å². The summed E-state index contributed by atoms with van der Waals surface area (Å²) < 4.78 is 10.8. The molecule has 26 heavy (non-hydrogen) atoms. The molecule has 0 unspecified atom stereocenters. The van der Waals surface area contributed by atoms with E-state index in [4.69, 9.17) is 9.47 Å². The van der Waals surface area contributed by atoms with Gasteiger partial charge in [-0.25, -0.2) is 0 Å². The van der Waals surface area contributed by atoms with Crippen molar-refractivity contribution in [2.45, 2.75) is 6.04 Å². The number of fused-ring (bicyclic) bond motifs is 1. The number of nitrogens with zero attached hydrogens (tertiary/aromatic N) is 2. The average Bonchev–Trinajstić information content (AvgIpc) is 3.26. The van der Waals surface area contributed by atoms with Crippen molar-refractivity contribution in [3.05, 3.63) is 50.2 Å². The molecule has 2 aliphatic rings. The van der Waals surface area contributed by atoms with Gasteiger partial charge < -0.3 is 14.8 Å². The number of benzene rings is 1. The molecule has 2 aliphatic heterocycles. The van der Waals surface area contributed by atoms with Gasteiger partial charge in [-0.3, -0.25) is 15.0 Å². The lowest BCUT2D eigenvalue weighted by Crippen LogP contribution is -2.45. The lowest BCUT2D eigenvalue weighted by molar-refractivity contribution is -0.385. The number of hydrogen-bond donors (Lipinski definition) is 1. The van der Waals surface area contributed by atoms with Crippen LogP contribution in [0.4, 0.5) is 5.69 Å². The third-order valence-corrected chi connectivity index (χ3v) is 5.27. The molecule has 7 nitrogen and oxygen atoms in total. The van der Waals surface area contributed by atoms with Gasteiger partial charge in [-0.2, -0.15) is 0 Å². The Kier molecular flexibility index (Phi) is 7.08. The van der Waals surface area contributed by atoms with E-state index in [1.807, 2.05) is 17.5 Å². The van der Waals surface area contributed by atoms with Crippen molar-refractivity contribution in [1.29, 1.82) is 0 Å². The second-order valence-corrected chi connectivity index (χ2v) is 6.70. The van der Waals surface area contributed by atoms with Crippen molar-refractivity contribution in [2.24, 2.45) is 0 Å². The Morgan fingerprint density at radius 3 is 2.50 bits per heavy atom.